The van der Waals surface area contributed by atoms with Gasteiger partial charge in [-0.15, -0.1) is 12.4 Å². The molecule has 6 rings (SSSR count). The van der Waals surface area contributed by atoms with Gasteiger partial charge >= 0.3 is 0 Å². The number of benzene rings is 1. The van der Waals surface area contributed by atoms with Crippen LogP contribution >= 0.6 is 24.0 Å². The van der Waals surface area contributed by atoms with Crippen molar-refractivity contribution in [3.8, 4) is 5.88 Å². The van der Waals surface area contributed by atoms with Gasteiger partial charge in [-0.2, -0.15) is 5.10 Å². The number of aryl methyl sites for hydroxylation is 1. The second-order valence-electron chi connectivity index (χ2n) is 9.46. The van der Waals surface area contributed by atoms with Gasteiger partial charge in [0, 0.05) is 49.4 Å². The molecule has 0 aliphatic carbocycles. The number of ether oxygens (including phenoxy) is 2. The Morgan fingerprint density at radius 2 is 1.95 bits per heavy atom. The lowest BCUT2D eigenvalue weighted by Gasteiger charge is -2.23. The molecule has 1 aromatic carbocycles. The van der Waals surface area contributed by atoms with Crippen LogP contribution in [0.3, 0.4) is 0 Å². The number of hydrogen-bond acceptors (Lipinski definition) is 6. The number of hydrogen-bond donors (Lipinski definition) is 1. The number of fused-ring (bicyclic) bond motifs is 3. The first-order valence-electron chi connectivity index (χ1n) is 12.2. The minimum atomic E-state index is -0.176. The maximum atomic E-state index is 13.6. The van der Waals surface area contributed by atoms with Crippen molar-refractivity contribution >= 4 is 51.7 Å². The highest BCUT2D eigenvalue weighted by Gasteiger charge is 2.30. The summed E-state index contributed by atoms with van der Waals surface area (Å²) >= 11 is 5.91. The van der Waals surface area contributed by atoms with Gasteiger partial charge in [-0.05, 0) is 43.5 Å². The molecule has 3 aromatic heterocycles. The van der Waals surface area contributed by atoms with Crippen LogP contribution < -0.4 is 10.3 Å². The van der Waals surface area contributed by atoms with Crippen molar-refractivity contribution in [1.29, 1.82) is 0 Å². The molecular formula is C27H31Cl2N5O4. The number of halogens is 2. The van der Waals surface area contributed by atoms with Crippen molar-refractivity contribution < 1.29 is 14.3 Å². The normalized spacial score (nSPS) is 17.8. The minimum Gasteiger partial charge on any atom is -0.472 e. The summed E-state index contributed by atoms with van der Waals surface area (Å²) in [6.07, 6.45) is 5.42. The smallest absolute Gasteiger partial charge is 0.259 e. The van der Waals surface area contributed by atoms with Crippen LogP contribution in [0.1, 0.15) is 48.7 Å². The summed E-state index contributed by atoms with van der Waals surface area (Å²) in [5.74, 6) is 0.439. The van der Waals surface area contributed by atoms with Gasteiger partial charge in [0.1, 0.15) is 6.10 Å². The summed E-state index contributed by atoms with van der Waals surface area (Å²) in [7, 11) is 0. The molecule has 1 N–H and O–H groups in total. The zero-order chi connectivity index (χ0) is 24.8. The van der Waals surface area contributed by atoms with Crippen LogP contribution in [0.2, 0.25) is 5.02 Å². The first kappa shape index (κ1) is 27.9. The number of amides is 1. The molecule has 0 unspecified atom stereocenters. The van der Waals surface area contributed by atoms with Crippen molar-refractivity contribution in [3.05, 3.63) is 63.2 Å². The number of aromatic nitrogens is 4. The van der Waals surface area contributed by atoms with E-state index in [-0.39, 0.29) is 43.4 Å². The standard InChI is InChI=1S/C26H26ClN5O4.CH4.ClH/c1-15-10-22-20(24-21(25(33)30-22)13-29-32(24)17-5-8-35-9-6-17)11-19(15)26(34)31-7-4-18(14-31)36-23-3-2-16(27)12-28-23;;/h2-3,10-13,17-18H,4-9,14H2,1H3,(H,30,33);1H4;1H/t18-;;/m1../s1. The maximum Gasteiger partial charge on any atom is 0.259 e. The SMILES string of the molecule is C.Cc1cc2[nH]c(=O)c3cnn(C4CCOCC4)c3c2cc1C(=O)N1CC[C@@H](Oc2ccc(Cl)cn2)C1.Cl. The van der Waals surface area contributed by atoms with Crippen LogP contribution in [-0.2, 0) is 4.74 Å². The highest BCUT2D eigenvalue weighted by atomic mass is 35.5. The molecule has 2 aliphatic heterocycles. The van der Waals surface area contributed by atoms with Gasteiger partial charge in [0.15, 0.2) is 0 Å². The van der Waals surface area contributed by atoms with Gasteiger partial charge in [-0.1, -0.05) is 19.0 Å². The van der Waals surface area contributed by atoms with E-state index in [0.29, 0.717) is 53.7 Å². The van der Waals surface area contributed by atoms with Gasteiger partial charge in [-0.25, -0.2) is 4.98 Å². The molecular weight excluding hydrogens is 529 g/mol. The van der Waals surface area contributed by atoms with E-state index in [2.05, 4.69) is 15.1 Å². The van der Waals surface area contributed by atoms with Crippen LogP contribution in [0.25, 0.3) is 21.8 Å². The lowest BCUT2D eigenvalue weighted by Crippen LogP contribution is -2.31. The number of likely N-dealkylation sites (tertiary alicyclic amines) is 1. The molecule has 2 aliphatic rings. The Balaban J connectivity index is 0.00000168. The highest BCUT2D eigenvalue weighted by Crippen LogP contribution is 2.30. The predicted octanol–water partition coefficient (Wildman–Crippen LogP) is 4.94. The van der Waals surface area contributed by atoms with Crippen LogP contribution in [0.5, 0.6) is 5.88 Å². The zero-order valence-electron chi connectivity index (χ0n) is 20.3. The number of pyridine rings is 2. The van der Waals surface area contributed by atoms with Gasteiger partial charge in [-0.3, -0.25) is 14.3 Å². The number of carbonyl (C=O) groups is 1. The topological polar surface area (TPSA) is 102 Å². The number of nitrogens with zero attached hydrogens (tertiary/aromatic N) is 4. The molecule has 38 heavy (non-hydrogen) atoms. The summed E-state index contributed by atoms with van der Waals surface area (Å²) in [6.45, 7) is 4.29. The Kier molecular flexibility index (Phi) is 8.30. The zero-order valence-corrected chi connectivity index (χ0v) is 21.8. The van der Waals surface area contributed by atoms with E-state index in [4.69, 9.17) is 21.1 Å². The van der Waals surface area contributed by atoms with E-state index in [1.165, 1.54) is 0 Å². The van der Waals surface area contributed by atoms with Gasteiger partial charge in [0.05, 0.1) is 40.2 Å². The largest absolute Gasteiger partial charge is 0.472 e. The molecule has 1 atom stereocenters. The van der Waals surface area contributed by atoms with Crippen LogP contribution in [-0.4, -0.2) is 63.0 Å². The molecule has 4 aromatic rings. The lowest BCUT2D eigenvalue weighted by molar-refractivity contribution is 0.0675. The fourth-order valence-corrected chi connectivity index (χ4v) is 5.32. The molecule has 5 heterocycles. The Labute approximate surface area is 231 Å². The molecule has 1 amide bonds. The van der Waals surface area contributed by atoms with Crippen molar-refractivity contribution in [2.24, 2.45) is 0 Å². The molecule has 0 spiro atoms. The molecule has 0 bridgehead atoms. The highest BCUT2D eigenvalue weighted by molar-refractivity contribution is 6.30. The number of H-pyrrole nitrogens is 1. The number of rotatable bonds is 4. The van der Waals surface area contributed by atoms with Crippen molar-refractivity contribution in [2.45, 2.75) is 45.8 Å². The summed E-state index contributed by atoms with van der Waals surface area (Å²) in [4.78, 5) is 35.4. The third kappa shape index (κ3) is 5.10. The second-order valence-corrected chi connectivity index (χ2v) is 9.89. The number of carbonyl (C=O) groups excluding carboxylic acids is 1. The van der Waals surface area contributed by atoms with Crippen molar-refractivity contribution in [3.63, 3.8) is 0 Å². The maximum absolute atomic E-state index is 13.6. The van der Waals surface area contributed by atoms with E-state index in [9.17, 15) is 9.59 Å². The monoisotopic (exact) mass is 559 g/mol. The molecule has 2 fully saturated rings. The molecule has 9 nitrogen and oxygen atoms in total. The fraction of sp³-hybridized carbons (Fsp3) is 0.407. The first-order valence-corrected chi connectivity index (χ1v) is 12.5. The van der Waals surface area contributed by atoms with E-state index in [1.54, 1.807) is 24.5 Å². The predicted molar refractivity (Wildman–Crippen MR) is 150 cm³/mol. The summed E-state index contributed by atoms with van der Waals surface area (Å²) in [5, 5.41) is 6.47. The third-order valence-corrected chi connectivity index (χ3v) is 7.32. The average molecular weight is 560 g/mol. The summed E-state index contributed by atoms with van der Waals surface area (Å²) in [6, 6.07) is 7.40. The minimum absolute atomic E-state index is 0. The van der Waals surface area contributed by atoms with Crippen LogP contribution in [0, 0.1) is 6.92 Å². The number of aromatic amines is 1. The molecule has 11 heteroatoms. The lowest BCUT2D eigenvalue weighted by atomic mass is 10.0. The fourth-order valence-electron chi connectivity index (χ4n) is 5.21. The summed E-state index contributed by atoms with van der Waals surface area (Å²) < 4.78 is 13.4. The van der Waals surface area contributed by atoms with Crippen LogP contribution in [0.15, 0.2) is 41.5 Å². The van der Waals surface area contributed by atoms with Crippen molar-refractivity contribution in [2.75, 3.05) is 26.3 Å². The quantitative estimate of drug-likeness (QED) is 0.380. The Morgan fingerprint density at radius 3 is 2.68 bits per heavy atom. The van der Waals surface area contributed by atoms with E-state index < -0.39 is 0 Å². The first-order chi connectivity index (χ1) is 17.5. The van der Waals surface area contributed by atoms with Gasteiger partial charge < -0.3 is 19.4 Å². The number of nitrogens with one attached hydrogen (secondary N) is 1. The van der Waals surface area contributed by atoms with Gasteiger partial charge in [0.2, 0.25) is 5.88 Å². The Morgan fingerprint density at radius 1 is 1.16 bits per heavy atom. The Hall–Kier alpha value is -3.14. The average Bonchev–Trinajstić information content (AvgIpc) is 3.54. The third-order valence-electron chi connectivity index (χ3n) is 7.09. The Bertz CT molecular complexity index is 1510. The van der Waals surface area contributed by atoms with E-state index >= 15 is 0 Å². The summed E-state index contributed by atoms with van der Waals surface area (Å²) in [5.41, 5.74) is 2.71. The molecule has 2 saturated heterocycles. The van der Waals surface area contributed by atoms with Crippen molar-refractivity contribution in [1.82, 2.24) is 24.6 Å². The van der Waals surface area contributed by atoms with Gasteiger partial charge in [0.25, 0.3) is 11.5 Å². The molecule has 0 saturated carbocycles. The molecule has 0 radical (unpaired) electrons. The van der Waals surface area contributed by atoms with E-state index in [0.717, 1.165) is 35.7 Å². The van der Waals surface area contributed by atoms with Crippen LogP contribution in [0.4, 0.5) is 0 Å². The second kappa shape index (κ2) is 11.3. The molecule has 202 valence electrons. The van der Waals surface area contributed by atoms with E-state index in [1.807, 2.05) is 28.6 Å².